The van der Waals surface area contributed by atoms with Crippen molar-refractivity contribution in [3.63, 3.8) is 0 Å². The first-order valence-electron chi connectivity index (χ1n) is 7.77. The fourth-order valence-electron chi connectivity index (χ4n) is 2.56. The smallest absolute Gasteiger partial charge is 0.229 e. The van der Waals surface area contributed by atoms with E-state index in [9.17, 15) is 9.59 Å². The molecular weight excluding hydrogens is 326 g/mol. The molecule has 6 heteroatoms. The van der Waals surface area contributed by atoms with Gasteiger partial charge in [-0.2, -0.15) is 0 Å². The van der Waals surface area contributed by atoms with E-state index in [1.54, 1.807) is 12.1 Å². The number of nitrogens with one attached hydrogen (secondary N) is 3. The summed E-state index contributed by atoms with van der Waals surface area (Å²) in [6, 6.07) is 15.3. The molecule has 1 fully saturated rings. The number of halogens is 1. The average molecular weight is 344 g/mol. The third kappa shape index (κ3) is 4.06. The van der Waals surface area contributed by atoms with Crippen molar-refractivity contribution >= 4 is 34.8 Å². The van der Waals surface area contributed by atoms with Crippen LogP contribution in [0.2, 0.25) is 5.02 Å². The SMILES string of the molecule is O=C1C[C@@H](C(=O)Nc2ccc(NCc3ccccc3)c(Cl)c2)CN1. The summed E-state index contributed by atoms with van der Waals surface area (Å²) in [6.45, 7) is 1.05. The summed E-state index contributed by atoms with van der Waals surface area (Å²) in [5, 5.41) is 9.26. The summed E-state index contributed by atoms with van der Waals surface area (Å²) in [4.78, 5) is 23.3. The van der Waals surface area contributed by atoms with Crippen LogP contribution in [0, 0.1) is 5.92 Å². The Morgan fingerprint density at radius 2 is 2.00 bits per heavy atom. The van der Waals surface area contributed by atoms with Gasteiger partial charge in [0.15, 0.2) is 0 Å². The van der Waals surface area contributed by atoms with Crippen LogP contribution in [0.4, 0.5) is 11.4 Å². The standard InChI is InChI=1S/C18H18ClN3O2/c19-15-9-14(22-18(24)13-8-17(23)21-11-13)6-7-16(15)20-10-12-4-2-1-3-5-12/h1-7,9,13,20H,8,10-11H2,(H,21,23)(H,22,24)/t13-/m1/s1. The predicted octanol–water partition coefficient (Wildman–Crippen LogP) is 3.03. The molecule has 2 aromatic rings. The van der Waals surface area contributed by atoms with E-state index in [-0.39, 0.29) is 24.2 Å². The number of carbonyl (C=O) groups is 2. The van der Waals surface area contributed by atoms with Gasteiger partial charge >= 0.3 is 0 Å². The summed E-state index contributed by atoms with van der Waals surface area (Å²) in [6.07, 6.45) is 0.232. The largest absolute Gasteiger partial charge is 0.380 e. The highest BCUT2D eigenvalue weighted by Crippen LogP contribution is 2.26. The van der Waals surface area contributed by atoms with Gasteiger partial charge in [0.05, 0.1) is 16.6 Å². The van der Waals surface area contributed by atoms with Crippen molar-refractivity contribution < 1.29 is 9.59 Å². The second-order valence-corrected chi connectivity index (χ2v) is 6.14. The van der Waals surface area contributed by atoms with Crippen molar-refractivity contribution in [3.8, 4) is 0 Å². The fraction of sp³-hybridized carbons (Fsp3) is 0.222. The lowest BCUT2D eigenvalue weighted by Gasteiger charge is -2.12. The average Bonchev–Trinajstić information content (AvgIpc) is 3.02. The zero-order chi connectivity index (χ0) is 16.9. The van der Waals surface area contributed by atoms with E-state index in [1.807, 2.05) is 36.4 Å². The second-order valence-electron chi connectivity index (χ2n) is 5.73. The van der Waals surface area contributed by atoms with Crippen molar-refractivity contribution in [3.05, 3.63) is 59.1 Å². The van der Waals surface area contributed by atoms with Gasteiger partial charge in [-0.1, -0.05) is 41.9 Å². The lowest BCUT2D eigenvalue weighted by molar-refractivity contribution is -0.123. The van der Waals surface area contributed by atoms with Crippen LogP contribution in [0.15, 0.2) is 48.5 Å². The Hall–Kier alpha value is -2.53. The van der Waals surface area contributed by atoms with E-state index in [4.69, 9.17) is 11.6 Å². The summed E-state index contributed by atoms with van der Waals surface area (Å²) in [5.41, 5.74) is 2.58. The Morgan fingerprint density at radius 1 is 1.21 bits per heavy atom. The first kappa shape index (κ1) is 16.3. The monoisotopic (exact) mass is 343 g/mol. The lowest BCUT2D eigenvalue weighted by atomic mass is 10.1. The Kier molecular flexibility index (Phi) is 5.01. The van der Waals surface area contributed by atoms with Gasteiger partial charge in [0.25, 0.3) is 0 Å². The van der Waals surface area contributed by atoms with Gasteiger partial charge in [-0.15, -0.1) is 0 Å². The van der Waals surface area contributed by atoms with Crippen molar-refractivity contribution in [2.45, 2.75) is 13.0 Å². The molecule has 0 unspecified atom stereocenters. The molecule has 1 heterocycles. The van der Waals surface area contributed by atoms with Gasteiger partial charge in [-0.25, -0.2) is 0 Å². The zero-order valence-corrected chi connectivity index (χ0v) is 13.8. The fourth-order valence-corrected chi connectivity index (χ4v) is 2.81. The normalized spacial score (nSPS) is 16.5. The van der Waals surface area contributed by atoms with Gasteiger partial charge in [0, 0.05) is 25.2 Å². The Labute approximate surface area is 145 Å². The van der Waals surface area contributed by atoms with E-state index in [0.29, 0.717) is 23.8 Å². The highest BCUT2D eigenvalue weighted by molar-refractivity contribution is 6.33. The van der Waals surface area contributed by atoms with E-state index in [1.165, 1.54) is 0 Å². The number of anilines is 2. The molecule has 0 saturated carbocycles. The molecule has 0 spiro atoms. The summed E-state index contributed by atoms with van der Waals surface area (Å²) in [5.74, 6) is -0.588. The highest BCUT2D eigenvalue weighted by Gasteiger charge is 2.27. The van der Waals surface area contributed by atoms with Crippen LogP contribution in [0.3, 0.4) is 0 Å². The molecule has 1 atom stereocenters. The van der Waals surface area contributed by atoms with Crippen LogP contribution in [0.1, 0.15) is 12.0 Å². The topological polar surface area (TPSA) is 70.2 Å². The van der Waals surface area contributed by atoms with Crippen LogP contribution in [0.25, 0.3) is 0 Å². The summed E-state index contributed by atoms with van der Waals surface area (Å²) < 4.78 is 0. The van der Waals surface area contributed by atoms with E-state index in [2.05, 4.69) is 16.0 Å². The van der Waals surface area contributed by atoms with E-state index < -0.39 is 0 Å². The molecule has 2 aromatic carbocycles. The molecule has 1 saturated heterocycles. The first-order valence-corrected chi connectivity index (χ1v) is 8.14. The molecule has 3 N–H and O–H groups in total. The molecule has 0 aromatic heterocycles. The molecule has 5 nitrogen and oxygen atoms in total. The summed E-state index contributed by atoms with van der Waals surface area (Å²) in [7, 11) is 0. The van der Waals surface area contributed by atoms with Crippen molar-refractivity contribution in [2.75, 3.05) is 17.2 Å². The van der Waals surface area contributed by atoms with Gasteiger partial charge in [0.2, 0.25) is 11.8 Å². The maximum atomic E-state index is 12.1. The molecule has 1 aliphatic heterocycles. The van der Waals surface area contributed by atoms with E-state index >= 15 is 0 Å². The summed E-state index contributed by atoms with van der Waals surface area (Å²) >= 11 is 6.28. The minimum absolute atomic E-state index is 0.0892. The number of amides is 2. The van der Waals surface area contributed by atoms with Gasteiger partial charge in [-0.05, 0) is 23.8 Å². The number of carbonyl (C=O) groups excluding carboxylic acids is 2. The van der Waals surface area contributed by atoms with Crippen molar-refractivity contribution in [2.24, 2.45) is 5.92 Å². The van der Waals surface area contributed by atoms with Crippen LogP contribution < -0.4 is 16.0 Å². The molecule has 3 rings (SSSR count). The third-order valence-corrected chi connectivity index (χ3v) is 4.22. The Balaban J connectivity index is 1.60. The van der Waals surface area contributed by atoms with Crippen LogP contribution in [0.5, 0.6) is 0 Å². The zero-order valence-electron chi connectivity index (χ0n) is 13.0. The molecular formula is C18H18ClN3O2. The minimum Gasteiger partial charge on any atom is -0.380 e. The lowest BCUT2D eigenvalue weighted by Crippen LogP contribution is -2.24. The maximum absolute atomic E-state index is 12.1. The maximum Gasteiger partial charge on any atom is 0.229 e. The second kappa shape index (κ2) is 7.36. The van der Waals surface area contributed by atoms with Crippen LogP contribution in [-0.4, -0.2) is 18.4 Å². The molecule has 24 heavy (non-hydrogen) atoms. The predicted molar refractivity (Wildman–Crippen MR) is 95.0 cm³/mol. The molecule has 0 radical (unpaired) electrons. The van der Waals surface area contributed by atoms with Gasteiger partial charge < -0.3 is 16.0 Å². The highest BCUT2D eigenvalue weighted by atomic mass is 35.5. The van der Waals surface area contributed by atoms with Gasteiger partial charge in [-0.3, -0.25) is 9.59 Å². The number of benzene rings is 2. The molecule has 1 aliphatic rings. The van der Waals surface area contributed by atoms with Crippen LogP contribution in [-0.2, 0) is 16.1 Å². The number of hydrogen-bond acceptors (Lipinski definition) is 3. The van der Waals surface area contributed by atoms with Crippen molar-refractivity contribution in [1.29, 1.82) is 0 Å². The molecule has 0 bridgehead atoms. The van der Waals surface area contributed by atoms with Crippen LogP contribution >= 0.6 is 11.6 Å². The Bertz CT molecular complexity index is 749. The number of hydrogen-bond donors (Lipinski definition) is 3. The van der Waals surface area contributed by atoms with Crippen molar-refractivity contribution in [1.82, 2.24) is 5.32 Å². The quantitative estimate of drug-likeness (QED) is 0.781. The first-order chi connectivity index (χ1) is 11.6. The molecule has 0 aliphatic carbocycles. The molecule has 124 valence electrons. The minimum atomic E-state index is -0.327. The Morgan fingerprint density at radius 3 is 2.67 bits per heavy atom. The van der Waals surface area contributed by atoms with E-state index in [0.717, 1.165) is 11.3 Å². The van der Waals surface area contributed by atoms with Gasteiger partial charge in [0.1, 0.15) is 0 Å². The third-order valence-electron chi connectivity index (χ3n) is 3.91. The molecule has 2 amide bonds. The number of rotatable bonds is 5.